The number of likely N-dealkylation sites (tertiary alicyclic amines) is 1. The molecule has 1 aromatic carbocycles. The molecule has 1 aromatic heterocycles. The van der Waals surface area contributed by atoms with E-state index in [1.807, 2.05) is 13.0 Å². The maximum absolute atomic E-state index is 14.4. The highest BCUT2D eigenvalue weighted by Gasteiger charge is 2.47. The van der Waals surface area contributed by atoms with Gasteiger partial charge >= 0.3 is 6.09 Å². The number of carbonyl (C=O) groups is 1. The fourth-order valence-electron chi connectivity index (χ4n) is 4.52. The molecule has 3 heterocycles. The van der Waals surface area contributed by atoms with E-state index in [1.54, 1.807) is 11.9 Å². The molecule has 1 saturated carbocycles. The number of nitrogens with one attached hydrogen (secondary N) is 2. The van der Waals surface area contributed by atoms with Gasteiger partial charge in [0.15, 0.2) is 5.82 Å². The minimum Gasteiger partial charge on any atom is -0.472 e. The van der Waals surface area contributed by atoms with Crippen molar-refractivity contribution in [3.8, 4) is 11.9 Å². The number of benzene rings is 1. The van der Waals surface area contributed by atoms with Crippen molar-refractivity contribution in [3.05, 3.63) is 35.9 Å². The molecule has 3 fully saturated rings. The Morgan fingerprint density at radius 2 is 2.03 bits per heavy atom. The summed E-state index contributed by atoms with van der Waals surface area (Å²) in [6, 6.07) is 6.07. The third-order valence-electron chi connectivity index (χ3n) is 6.71. The summed E-state index contributed by atoms with van der Waals surface area (Å²) in [4.78, 5) is 23.0. The number of aromatic nitrogens is 2. The summed E-state index contributed by atoms with van der Waals surface area (Å²) >= 11 is 0. The maximum Gasteiger partial charge on any atom is 0.410 e. The number of carbonyl (C=O) groups excluding carboxylic acids is 1. The van der Waals surface area contributed by atoms with Gasteiger partial charge < -0.3 is 29.7 Å². The lowest BCUT2D eigenvalue weighted by atomic mass is 9.84. The van der Waals surface area contributed by atoms with Gasteiger partial charge in [-0.1, -0.05) is 0 Å². The molecule has 2 unspecified atom stereocenters. The van der Waals surface area contributed by atoms with Crippen molar-refractivity contribution in [2.24, 2.45) is 11.8 Å². The zero-order valence-electron chi connectivity index (χ0n) is 19.6. The van der Waals surface area contributed by atoms with Gasteiger partial charge in [-0.3, -0.25) is 0 Å². The highest BCUT2D eigenvalue weighted by Crippen LogP contribution is 2.40. The number of halogens is 1. The largest absolute Gasteiger partial charge is 0.472 e. The van der Waals surface area contributed by atoms with Crippen LogP contribution in [-0.2, 0) is 9.47 Å². The first-order valence-electron chi connectivity index (χ1n) is 11.6. The average Bonchev–Trinajstić information content (AvgIpc) is 3.56. The second kappa shape index (κ2) is 9.19. The number of nitriles is 1. The summed E-state index contributed by atoms with van der Waals surface area (Å²) in [6.45, 7) is 3.82. The Morgan fingerprint density at radius 1 is 1.29 bits per heavy atom. The second-order valence-corrected chi connectivity index (χ2v) is 9.45. The van der Waals surface area contributed by atoms with E-state index >= 15 is 0 Å². The van der Waals surface area contributed by atoms with Crippen molar-refractivity contribution in [3.63, 3.8) is 0 Å². The van der Waals surface area contributed by atoms with Crippen molar-refractivity contribution in [1.82, 2.24) is 14.9 Å². The Balaban J connectivity index is 1.33. The van der Waals surface area contributed by atoms with Crippen LogP contribution in [0, 0.1) is 29.0 Å². The minimum atomic E-state index is -0.571. The zero-order valence-corrected chi connectivity index (χ0v) is 19.6. The summed E-state index contributed by atoms with van der Waals surface area (Å²) in [5, 5.41) is 14.9. The van der Waals surface area contributed by atoms with E-state index in [2.05, 4.69) is 20.6 Å². The number of rotatable bonds is 6. The molecule has 2 N–H and O–H groups in total. The van der Waals surface area contributed by atoms with Crippen LogP contribution >= 0.6 is 0 Å². The minimum absolute atomic E-state index is 0.0471. The van der Waals surface area contributed by atoms with Crippen LogP contribution in [0.2, 0.25) is 0 Å². The first-order chi connectivity index (χ1) is 16.9. The van der Waals surface area contributed by atoms with E-state index in [9.17, 15) is 9.18 Å². The molecule has 0 radical (unpaired) electrons. The van der Waals surface area contributed by atoms with Gasteiger partial charge in [-0.15, -0.1) is 0 Å². The van der Waals surface area contributed by atoms with Crippen LogP contribution in [0.3, 0.4) is 0 Å². The Hall–Kier alpha value is -3.65. The molecule has 1 amide bonds. The highest BCUT2D eigenvalue weighted by molar-refractivity contribution is 5.74. The normalized spacial score (nSPS) is 24.2. The molecule has 2 aromatic rings. The van der Waals surface area contributed by atoms with Gasteiger partial charge in [-0.25, -0.2) is 14.2 Å². The number of ether oxygens (including phenoxy) is 3. The van der Waals surface area contributed by atoms with E-state index in [-0.39, 0.29) is 40.9 Å². The van der Waals surface area contributed by atoms with Crippen molar-refractivity contribution in [2.45, 2.75) is 31.5 Å². The molecular weight excluding hydrogens is 455 g/mol. The fourth-order valence-corrected chi connectivity index (χ4v) is 4.52. The molecule has 1 aliphatic carbocycles. The van der Waals surface area contributed by atoms with Crippen molar-refractivity contribution in [1.29, 1.82) is 5.26 Å². The number of amides is 1. The Labute approximate surface area is 202 Å². The molecule has 5 rings (SSSR count). The van der Waals surface area contributed by atoms with E-state index in [0.29, 0.717) is 43.7 Å². The molecule has 2 bridgehead atoms. The van der Waals surface area contributed by atoms with Gasteiger partial charge in [-0.2, -0.15) is 10.2 Å². The molecule has 2 saturated heterocycles. The van der Waals surface area contributed by atoms with Crippen LogP contribution < -0.4 is 15.4 Å². The molecule has 11 heteroatoms. The molecular formula is C24H27FN6O4. The number of anilines is 3. The number of hydrogen-bond acceptors (Lipinski definition) is 9. The third-order valence-corrected chi connectivity index (χ3v) is 6.71. The zero-order chi connectivity index (χ0) is 24.6. The van der Waals surface area contributed by atoms with E-state index in [4.69, 9.17) is 19.5 Å². The lowest BCUT2D eigenvalue weighted by Gasteiger charge is -2.46. The van der Waals surface area contributed by atoms with Gasteiger partial charge in [0.25, 0.3) is 0 Å². The fraction of sp³-hybridized carbons (Fsp3) is 0.500. The van der Waals surface area contributed by atoms with Crippen LogP contribution in [-0.4, -0.2) is 66.0 Å². The molecule has 2 atom stereocenters. The maximum atomic E-state index is 14.4. The standard InChI is InChI=1S/C24H27FN6O4/c1-24(5-6-24)35-23(32)31-9-15-11-33-12-16(10-31)20(15)34-22-19(27-2)21(28-13-29-22)30-18-4-3-14(8-26)7-17(18)25/h3-4,7,13,15-16,20,27H,5-6,9-12H2,1-2H3,(H,28,29,30). The summed E-state index contributed by atoms with van der Waals surface area (Å²) in [7, 11) is 1.70. The lowest BCUT2D eigenvalue weighted by molar-refractivity contribution is -0.111. The second-order valence-electron chi connectivity index (χ2n) is 9.45. The van der Waals surface area contributed by atoms with E-state index in [1.165, 1.54) is 18.5 Å². The van der Waals surface area contributed by atoms with Gasteiger partial charge in [0.2, 0.25) is 5.88 Å². The van der Waals surface area contributed by atoms with Gasteiger partial charge in [-0.05, 0) is 38.0 Å². The Bertz CT molecular complexity index is 1150. The predicted octanol–water partition coefficient (Wildman–Crippen LogP) is 3.29. The number of hydrogen-bond donors (Lipinski definition) is 2. The Kier molecular flexibility index (Phi) is 6.06. The smallest absolute Gasteiger partial charge is 0.410 e. The quantitative estimate of drug-likeness (QED) is 0.639. The highest BCUT2D eigenvalue weighted by atomic mass is 19.1. The SMILES string of the molecule is CNc1c(Nc2ccc(C#N)cc2F)ncnc1OC1C2COCC1CN(C(=O)OC1(C)CC1)C2. The van der Waals surface area contributed by atoms with Gasteiger partial charge in [0.05, 0.1) is 30.5 Å². The van der Waals surface area contributed by atoms with Crippen molar-refractivity contribution in [2.75, 3.05) is 44.0 Å². The van der Waals surface area contributed by atoms with Crippen LogP contribution in [0.1, 0.15) is 25.3 Å². The Morgan fingerprint density at radius 3 is 2.66 bits per heavy atom. The first kappa shape index (κ1) is 23.1. The van der Waals surface area contributed by atoms with Crippen LogP contribution in [0.25, 0.3) is 0 Å². The number of nitrogens with zero attached hydrogens (tertiary/aromatic N) is 4. The van der Waals surface area contributed by atoms with Crippen molar-refractivity contribution < 1.29 is 23.4 Å². The van der Waals surface area contributed by atoms with E-state index < -0.39 is 5.82 Å². The van der Waals surface area contributed by atoms with Crippen LogP contribution in [0.5, 0.6) is 5.88 Å². The predicted molar refractivity (Wildman–Crippen MR) is 124 cm³/mol. The summed E-state index contributed by atoms with van der Waals surface area (Å²) < 4.78 is 32.2. The lowest BCUT2D eigenvalue weighted by Crippen LogP contribution is -2.59. The third kappa shape index (κ3) is 4.79. The number of piperidine rings is 1. The van der Waals surface area contributed by atoms with Gasteiger partial charge in [0, 0.05) is 32.0 Å². The van der Waals surface area contributed by atoms with Gasteiger partial charge in [0.1, 0.15) is 29.5 Å². The molecule has 35 heavy (non-hydrogen) atoms. The monoisotopic (exact) mass is 482 g/mol. The van der Waals surface area contributed by atoms with E-state index in [0.717, 1.165) is 18.9 Å². The molecule has 3 aliphatic rings. The molecule has 10 nitrogen and oxygen atoms in total. The molecule has 2 aliphatic heterocycles. The van der Waals surface area contributed by atoms with Crippen LogP contribution in [0.4, 0.5) is 26.4 Å². The van der Waals surface area contributed by atoms with Crippen molar-refractivity contribution >= 4 is 23.3 Å². The molecule has 184 valence electrons. The number of fused-ring (bicyclic) bond motifs is 2. The van der Waals surface area contributed by atoms with Crippen LogP contribution in [0.15, 0.2) is 24.5 Å². The summed E-state index contributed by atoms with van der Waals surface area (Å²) in [5.74, 6) is -0.00919. The topological polar surface area (TPSA) is 122 Å². The average molecular weight is 483 g/mol. The summed E-state index contributed by atoms with van der Waals surface area (Å²) in [6.07, 6.45) is 2.64. The first-order valence-corrected chi connectivity index (χ1v) is 11.6. The summed E-state index contributed by atoms with van der Waals surface area (Å²) in [5.41, 5.74) is 0.547. The molecule has 0 spiro atoms.